The molecule has 1 aromatic heterocycles. The van der Waals surface area contributed by atoms with E-state index in [4.69, 9.17) is 20.8 Å². The SMILES string of the molecule is CCOC(=O)c1cccc(-c2ccc(/C=C3\SC(=O)N(Cc4ccc(F)cc4Cl)C3=O)o2)c1. The van der Waals surface area contributed by atoms with Crippen molar-refractivity contribution < 1.29 is 27.9 Å². The molecule has 2 aromatic carbocycles. The molecular formula is C24H17ClFNO5S. The first-order valence-corrected chi connectivity index (χ1v) is 11.1. The minimum absolute atomic E-state index is 0.0643. The molecule has 0 atom stereocenters. The number of hydrogen-bond acceptors (Lipinski definition) is 6. The normalized spacial score (nSPS) is 14.9. The summed E-state index contributed by atoms with van der Waals surface area (Å²) in [6, 6.07) is 14.0. The van der Waals surface area contributed by atoms with Gasteiger partial charge >= 0.3 is 5.97 Å². The Morgan fingerprint density at radius 1 is 1.18 bits per heavy atom. The fourth-order valence-corrected chi connectivity index (χ4v) is 4.23. The summed E-state index contributed by atoms with van der Waals surface area (Å²) in [5.41, 5.74) is 1.52. The van der Waals surface area contributed by atoms with E-state index in [-0.39, 0.29) is 23.1 Å². The number of furan rings is 1. The van der Waals surface area contributed by atoms with Gasteiger partial charge in [-0.05, 0) is 60.6 Å². The molecule has 2 amide bonds. The Labute approximate surface area is 198 Å². The average molecular weight is 486 g/mol. The topological polar surface area (TPSA) is 76.8 Å². The fourth-order valence-electron chi connectivity index (χ4n) is 3.19. The Hall–Kier alpha value is -3.36. The van der Waals surface area contributed by atoms with E-state index in [9.17, 15) is 18.8 Å². The van der Waals surface area contributed by atoms with Crippen molar-refractivity contribution in [1.82, 2.24) is 4.90 Å². The number of carbonyl (C=O) groups excluding carboxylic acids is 3. The van der Waals surface area contributed by atoms with Crippen LogP contribution in [0.25, 0.3) is 17.4 Å². The van der Waals surface area contributed by atoms with E-state index in [0.29, 0.717) is 28.2 Å². The lowest BCUT2D eigenvalue weighted by atomic mass is 10.1. The highest BCUT2D eigenvalue weighted by molar-refractivity contribution is 8.18. The maximum Gasteiger partial charge on any atom is 0.338 e. The summed E-state index contributed by atoms with van der Waals surface area (Å²) >= 11 is 6.81. The number of esters is 1. The first kappa shape index (κ1) is 22.8. The molecule has 1 fully saturated rings. The van der Waals surface area contributed by atoms with Gasteiger partial charge in [0, 0.05) is 16.7 Å². The molecule has 0 unspecified atom stereocenters. The standard InChI is InChI=1S/C24H17ClFNO5S/c1-2-31-23(29)15-5-3-4-14(10-15)20-9-8-18(32-20)12-21-22(28)27(24(30)33-21)13-16-6-7-17(26)11-19(16)25/h3-12H,2,13H2,1H3/b21-12-. The Morgan fingerprint density at radius 2 is 2.00 bits per heavy atom. The average Bonchev–Trinajstić information content (AvgIpc) is 3.36. The van der Waals surface area contributed by atoms with E-state index in [0.717, 1.165) is 22.7 Å². The van der Waals surface area contributed by atoms with Crippen LogP contribution in [-0.2, 0) is 16.1 Å². The van der Waals surface area contributed by atoms with Crippen LogP contribution < -0.4 is 0 Å². The Morgan fingerprint density at radius 3 is 2.76 bits per heavy atom. The third kappa shape index (κ3) is 5.02. The summed E-state index contributed by atoms with van der Waals surface area (Å²) in [6.07, 6.45) is 1.48. The highest BCUT2D eigenvalue weighted by atomic mass is 35.5. The number of thioether (sulfide) groups is 1. The zero-order chi connectivity index (χ0) is 23.5. The number of ether oxygens (including phenoxy) is 1. The van der Waals surface area contributed by atoms with Crippen LogP contribution in [0, 0.1) is 5.82 Å². The summed E-state index contributed by atoms with van der Waals surface area (Å²) < 4.78 is 24.1. The van der Waals surface area contributed by atoms with E-state index in [1.54, 1.807) is 43.3 Å². The van der Waals surface area contributed by atoms with Crippen LogP contribution in [0.3, 0.4) is 0 Å². The van der Waals surface area contributed by atoms with Crippen molar-refractivity contribution in [3.8, 4) is 11.3 Å². The van der Waals surface area contributed by atoms with E-state index < -0.39 is 22.9 Å². The third-order valence-corrected chi connectivity index (χ3v) is 6.03. The molecular weight excluding hydrogens is 469 g/mol. The molecule has 1 aliphatic rings. The number of halogens is 2. The molecule has 3 aromatic rings. The molecule has 2 heterocycles. The van der Waals surface area contributed by atoms with Crippen LogP contribution in [-0.4, -0.2) is 28.6 Å². The van der Waals surface area contributed by atoms with Crippen molar-refractivity contribution in [3.05, 3.63) is 87.2 Å². The highest BCUT2D eigenvalue weighted by Crippen LogP contribution is 2.35. The lowest BCUT2D eigenvalue weighted by molar-refractivity contribution is -0.123. The minimum Gasteiger partial charge on any atom is -0.462 e. The Balaban J connectivity index is 1.52. The van der Waals surface area contributed by atoms with Crippen molar-refractivity contribution in [2.24, 2.45) is 0 Å². The van der Waals surface area contributed by atoms with Gasteiger partial charge in [0.2, 0.25) is 0 Å². The van der Waals surface area contributed by atoms with Crippen LogP contribution in [0.1, 0.15) is 28.6 Å². The van der Waals surface area contributed by atoms with Crippen molar-refractivity contribution in [2.45, 2.75) is 13.5 Å². The highest BCUT2D eigenvalue weighted by Gasteiger charge is 2.35. The number of hydrogen-bond donors (Lipinski definition) is 0. The van der Waals surface area contributed by atoms with Gasteiger partial charge in [-0.3, -0.25) is 14.5 Å². The summed E-state index contributed by atoms with van der Waals surface area (Å²) in [5.74, 6) is -0.561. The quantitative estimate of drug-likeness (QED) is 0.308. The van der Waals surface area contributed by atoms with Crippen LogP contribution in [0.2, 0.25) is 5.02 Å². The second-order valence-corrected chi connectivity index (χ2v) is 8.41. The zero-order valence-corrected chi connectivity index (χ0v) is 18.9. The van der Waals surface area contributed by atoms with Crippen molar-refractivity contribution >= 4 is 46.6 Å². The van der Waals surface area contributed by atoms with Crippen molar-refractivity contribution in [2.75, 3.05) is 6.61 Å². The van der Waals surface area contributed by atoms with Gasteiger partial charge < -0.3 is 9.15 Å². The van der Waals surface area contributed by atoms with Gasteiger partial charge in [-0.25, -0.2) is 9.18 Å². The van der Waals surface area contributed by atoms with Crippen LogP contribution in [0.5, 0.6) is 0 Å². The number of benzene rings is 2. The molecule has 0 bridgehead atoms. The molecule has 4 rings (SSSR count). The molecule has 1 saturated heterocycles. The predicted octanol–water partition coefficient (Wildman–Crippen LogP) is 6.15. The molecule has 33 heavy (non-hydrogen) atoms. The lowest BCUT2D eigenvalue weighted by Crippen LogP contribution is -2.27. The second kappa shape index (κ2) is 9.64. The molecule has 6 nitrogen and oxygen atoms in total. The molecule has 0 N–H and O–H groups in total. The smallest absolute Gasteiger partial charge is 0.338 e. The fraction of sp³-hybridized carbons (Fsp3) is 0.125. The molecule has 0 aliphatic carbocycles. The monoisotopic (exact) mass is 485 g/mol. The predicted molar refractivity (Wildman–Crippen MR) is 123 cm³/mol. The van der Waals surface area contributed by atoms with Gasteiger partial charge in [-0.15, -0.1) is 0 Å². The minimum atomic E-state index is -0.501. The van der Waals surface area contributed by atoms with Crippen LogP contribution >= 0.6 is 23.4 Å². The Kier molecular flexibility index (Phi) is 6.67. The number of imide groups is 1. The maximum atomic E-state index is 13.3. The molecule has 0 spiro atoms. The summed E-state index contributed by atoms with van der Waals surface area (Å²) in [6.45, 7) is 1.94. The van der Waals surface area contributed by atoms with Crippen LogP contribution in [0.15, 0.2) is 63.9 Å². The second-order valence-electron chi connectivity index (χ2n) is 7.01. The van der Waals surface area contributed by atoms with E-state index in [1.807, 2.05) is 0 Å². The van der Waals surface area contributed by atoms with Crippen molar-refractivity contribution in [1.29, 1.82) is 0 Å². The third-order valence-electron chi connectivity index (χ3n) is 4.78. The number of rotatable bonds is 6. The first-order valence-electron chi connectivity index (χ1n) is 9.92. The number of nitrogens with zero attached hydrogens (tertiary/aromatic N) is 1. The van der Waals surface area contributed by atoms with Crippen molar-refractivity contribution in [3.63, 3.8) is 0 Å². The summed E-state index contributed by atoms with van der Waals surface area (Å²) in [4.78, 5) is 38.4. The zero-order valence-electron chi connectivity index (χ0n) is 17.3. The van der Waals surface area contributed by atoms with Gasteiger partial charge in [0.15, 0.2) is 0 Å². The number of carbonyl (C=O) groups is 3. The summed E-state index contributed by atoms with van der Waals surface area (Å²) in [7, 11) is 0. The van der Waals surface area contributed by atoms with Gasteiger partial charge in [0.05, 0.1) is 23.6 Å². The lowest BCUT2D eigenvalue weighted by Gasteiger charge is -2.13. The Bertz CT molecular complexity index is 1290. The van der Waals surface area contributed by atoms with E-state index in [2.05, 4.69) is 0 Å². The summed E-state index contributed by atoms with van der Waals surface area (Å²) in [5, 5.41) is -0.320. The van der Waals surface area contributed by atoms with Gasteiger partial charge in [-0.1, -0.05) is 29.8 Å². The molecule has 1 aliphatic heterocycles. The molecule has 168 valence electrons. The van der Waals surface area contributed by atoms with Gasteiger partial charge in [0.25, 0.3) is 11.1 Å². The van der Waals surface area contributed by atoms with Gasteiger partial charge in [0.1, 0.15) is 17.3 Å². The molecule has 9 heteroatoms. The largest absolute Gasteiger partial charge is 0.462 e. The first-order chi connectivity index (χ1) is 15.9. The number of amides is 2. The van der Waals surface area contributed by atoms with E-state index in [1.165, 1.54) is 18.2 Å². The van der Waals surface area contributed by atoms with Gasteiger partial charge in [-0.2, -0.15) is 0 Å². The maximum absolute atomic E-state index is 13.3. The van der Waals surface area contributed by atoms with Crippen LogP contribution in [0.4, 0.5) is 9.18 Å². The molecule has 0 saturated carbocycles. The molecule has 0 radical (unpaired) electrons. The van der Waals surface area contributed by atoms with E-state index >= 15 is 0 Å².